The number of barbiturate groups is 1. The Labute approximate surface area is 113 Å². The number of carbonyl (C=O) groups is 3. The minimum absolute atomic E-state index is 0.508. The summed E-state index contributed by atoms with van der Waals surface area (Å²) in [5.41, 5.74) is -1.43. The number of hydrogen-bond acceptors (Lipinski definition) is 3. The first-order valence-corrected chi connectivity index (χ1v) is 6.17. The van der Waals surface area contributed by atoms with Crippen molar-refractivity contribution in [2.45, 2.75) is 27.2 Å². The summed E-state index contributed by atoms with van der Waals surface area (Å²) < 4.78 is 0. The van der Waals surface area contributed by atoms with Gasteiger partial charge in [0.1, 0.15) is 0 Å². The van der Waals surface area contributed by atoms with E-state index in [1.807, 2.05) is 6.92 Å². The maximum Gasteiger partial charge on any atom is 0.330 e. The average molecular weight is 262 g/mol. The molecule has 5 heteroatoms. The van der Waals surface area contributed by atoms with Gasteiger partial charge in [0.25, 0.3) is 5.91 Å². The van der Waals surface area contributed by atoms with Gasteiger partial charge in [-0.15, -0.1) is 5.92 Å². The van der Waals surface area contributed by atoms with Crippen LogP contribution in [0.3, 0.4) is 0 Å². The molecule has 1 saturated heterocycles. The summed E-state index contributed by atoms with van der Waals surface area (Å²) in [7, 11) is 1.35. The number of urea groups is 1. The molecule has 0 saturated carbocycles. The Balaban J connectivity index is 3.35. The quantitative estimate of drug-likeness (QED) is 0.463. The average Bonchev–Trinajstić information content (AvgIpc) is 2.38. The number of allylic oxidation sites excluding steroid dienone is 1. The maximum absolute atomic E-state index is 12.4. The van der Waals surface area contributed by atoms with Crippen LogP contribution in [0.25, 0.3) is 0 Å². The first kappa shape index (κ1) is 15.0. The molecule has 0 spiro atoms. The zero-order chi connectivity index (χ0) is 14.6. The number of hydrogen-bond donors (Lipinski definition) is 1. The third-order valence-electron chi connectivity index (χ3n) is 3.17. The van der Waals surface area contributed by atoms with Gasteiger partial charge in [-0.25, -0.2) is 4.79 Å². The maximum atomic E-state index is 12.4. The smallest absolute Gasteiger partial charge is 0.276 e. The second-order valence-corrected chi connectivity index (χ2v) is 4.39. The lowest BCUT2D eigenvalue weighted by atomic mass is 9.73. The Bertz CT molecular complexity index is 499. The molecule has 0 aromatic carbocycles. The molecule has 1 fully saturated rings. The highest BCUT2D eigenvalue weighted by molar-refractivity contribution is 6.20. The first-order valence-electron chi connectivity index (χ1n) is 6.17. The first-order chi connectivity index (χ1) is 8.91. The van der Waals surface area contributed by atoms with Crippen molar-refractivity contribution < 1.29 is 14.4 Å². The van der Waals surface area contributed by atoms with Gasteiger partial charge in [-0.05, 0) is 13.8 Å². The Hall–Kier alpha value is -2.09. The second kappa shape index (κ2) is 5.70. The highest BCUT2D eigenvalue weighted by Gasteiger charge is 2.54. The highest BCUT2D eigenvalue weighted by Crippen LogP contribution is 2.34. The van der Waals surface area contributed by atoms with Crippen LogP contribution >= 0.6 is 0 Å². The molecule has 0 aromatic heterocycles. The van der Waals surface area contributed by atoms with Gasteiger partial charge in [-0.1, -0.05) is 25.0 Å². The van der Waals surface area contributed by atoms with Gasteiger partial charge in [-0.3, -0.25) is 19.8 Å². The van der Waals surface area contributed by atoms with E-state index in [9.17, 15) is 14.4 Å². The minimum Gasteiger partial charge on any atom is -0.276 e. The summed E-state index contributed by atoms with van der Waals surface area (Å²) in [6, 6.07) is -0.703. The topological polar surface area (TPSA) is 66.5 Å². The Morgan fingerprint density at radius 1 is 1.42 bits per heavy atom. The van der Waals surface area contributed by atoms with E-state index < -0.39 is 29.2 Å². The monoisotopic (exact) mass is 262 g/mol. The van der Waals surface area contributed by atoms with Crippen LogP contribution in [0, 0.1) is 23.2 Å². The molecule has 4 amide bonds. The summed E-state index contributed by atoms with van der Waals surface area (Å²) in [4.78, 5) is 36.9. The van der Waals surface area contributed by atoms with Gasteiger partial charge in [0, 0.05) is 19.4 Å². The fourth-order valence-electron chi connectivity index (χ4n) is 2.06. The molecule has 1 rings (SSSR count). The normalized spacial score (nSPS) is 25.1. The third kappa shape index (κ3) is 2.39. The van der Waals surface area contributed by atoms with Crippen molar-refractivity contribution in [2.24, 2.45) is 11.3 Å². The molecule has 0 aliphatic carbocycles. The van der Waals surface area contributed by atoms with Crippen LogP contribution < -0.4 is 5.32 Å². The summed E-state index contributed by atoms with van der Waals surface area (Å²) in [5.74, 6) is 4.11. The molecular weight excluding hydrogens is 244 g/mol. The molecular formula is C14H18N2O3. The van der Waals surface area contributed by atoms with Crippen LogP contribution in [-0.4, -0.2) is 29.8 Å². The minimum atomic E-state index is -1.43. The van der Waals surface area contributed by atoms with Crippen molar-refractivity contribution in [3.05, 3.63) is 12.2 Å². The van der Waals surface area contributed by atoms with Crippen LogP contribution in [-0.2, 0) is 9.59 Å². The lowest BCUT2D eigenvalue weighted by molar-refractivity contribution is -0.148. The SMILES string of the molecule is CC=CC1(C(C)C#CCC)C(=O)NC(=O)N(C)C1=O. The highest BCUT2D eigenvalue weighted by atomic mass is 16.2. The fraction of sp³-hybridized carbons (Fsp3) is 0.500. The Kier molecular flexibility index (Phi) is 4.49. The molecule has 1 aliphatic rings. The summed E-state index contributed by atoms with van der Waals surface area (Å²) in [6.45, 7) is 5.32. The predicted molar refractivity (Wildman–Crippen MR) is 70.8 cm³/mol. The van der Waals surface area contributed by atoms with Gasteiger partial charge in [0.15, 0.2) is 5.41 Å². The molecule has 2 unspecified atom stereocenters. The summed E-state index contributed by atoms with van der Waals surface area (Å²) in [6.07, 6.45) is 3.79. The molecule has 1 N–H and O–H groups in total. The van der Waals surface area contributed by atoms with Crippen molar-refractivity contribution in [3.63, 3.8) is 0 Å². The van der Waals surface area contributed by atoms with Crippen molar-refractivity contribution in [2.75, 3.05) is 7.05 Å². The molecule has 5 nitrogen and oxygen atoms in total. The van der Waals surface area contributed by atoms with Gasteiger partial charge in [0.05, 0.1) is 0 Å². The molecule has 0 radical (unpaired) electrons. The van der Waals surface area contributed by atoms with E-state index >= 15 is 0 Å². The van der Waals surface area contributed by atoms with Gasteiger partial charge in [-0.2, -0.15) is 0 Å². The van der Waals surface area contributed by atoms with E-state index in [4.69, 9.17) is 0 Å². The number of nitrogens with zero attached hydrogens (tertiary/aromatic N) is 1. The Morgan fingerprint density at radius 3 is 2.58 bits per heavy atom. The van der Waals surface area contributed by atoms with Crippen molar-refractivity contribution >= 4 is 17.8 Å². The molecule has 1 aliphatic heterocycles. The van der Waals surface area contributed by atoms with Crippen LogP contribution in [0.15, 0.2) is 12.2 Å². The van der Waals surface area contributed by atoms with E-state index in [2.05, 4.69) is 17.2 Å². The zero-order valence-electron chi connectivity index (χ0n) is 11.6. The molecule has 0 bridgehead atoms. The third-order valence-corrected chi connectivity index (χ3v) is 3.17. The number of amides is 4. The standard InChI is InChI=1S/C14H18N2O3/c1-5-7-8-10(3)14(9-6-2)11(17)15-13(19)16(4)12(14)18/h6,9-10H,5H2,1-4H3,(H,15,17,19). The van der Waals surface area contributed by atoms with Crippen molar-refractivity contribution in [1.82, 2.24) is 10.2 Å². The van der Waals surface area contributed by atoms with E-state index in [-0.39, 0.29) is 0 Å². The van der Waals surface area contributed by atoms with Crippen molar-refractivity contribution in [1.29, 1.82) is 0 Å². The van der Waals surface area contributed by atoms with Gasteiger partial charge < -0.3 is 0 Å². The number of rotatable bonds is 2. The van der Waals surface area contributed by atoms with E-state index in [1.165, 1.54) is 13.1 Å². The van der Waals surface area contributed by atoms with E-state index in [0.717, 1.165) is 4.90 Å². The number of nitrogens with one attached hydrogen (secondary N) is 1. The molecule has 0 aromatic rings. The molecule has 102 valence electrons. The van der Waals surface area contributed by atoms with Crippen LogP contribution in [0.1, 0.15) is 27.2 Å². The summed E-state index contributed by atoms with van der Waals surface area (Å²) in [5, 5.41) is 2.20. The van der Waals surface area contributed by atoms with Crippen LogP contribution in [0.2, 0.25) is 0 Å². The van der Waals surface area contributed by atoms with Crippen LogP contribution in [0.5, 0.6) is 0 Å². The second-order valence-electron chi connectivity index (χ2n) is 4.39. The van der Waals surface area contributed by atoms with Gasteiger partial charge >= 0.3 is 6.03 Å². The van der Waals surface area contributed by atoms with Crippen LogP contribution in [0.4, 0.5) is 4.79 Å². The van der Waals surface area contributed by atoms with E-state index in [1.54, 1.807) is 19.9 Å². The number of imide groups is 2. The Morgan fingerprint density at radius 2 is 2.05 bits per heavy atom. The largest absolute Gasteiger partial charge is 0.330 e. The molecule has 2 atom stereocenters. The fourth-order valence-corrected chi connectivity index (χ4v) is 2.06. The van der Waals surface area contributed by atoms with Gasteiger partial charge in [0.2, 0.25) is 5.91 Å². The zero-order valence-corrected chi connectivity index (χ0v) is 11.6. The summed E-state index contributed by atoms with van der Waals surface area (Å²) >= 11 is 0. The predicted octanol–water partition coefficient (Wildman–Crippen LogP) is 1.31. The number of carbonyl (C=O) groups excluding carboxylic acids is 3. The lowest BCUT2D eigenvalue weighted by Crippen LogP contribution is -2.64. The lowest BCUT2D eigenvalue weighted by Gasteiger charge is -2.37. The molecule has 19 heavy (non-hydrogen) atoms. The van der Waals surface area contributed by atoms with Crippen molar-refractivity contribution in [3.8, 4) is 11.8 Å². The van der Waals surface area contributed by atoms with E-state index in [0.29, 0.717) is 6.42 Å². The molecule has 1 heterocycles.